The topological polar surface area (TPSA) is 66.9 Å². The fraction of sp³-hybridized carbons (Fsp3) is 0.263. The Labute approximate surface area is 140 Å². The van der Waals surface area contributed by atoms with Gasteiger partial charge in [0.05, 0.1) is 11.0 Å². The van der Waals surface area contributed by atoms with E-state index in [1.807, 2.05) is 25.1 Å². The van der Waals surface area contributed by atoms with Crippen LogP contribution in [-0.2, 0) is 11.3 Å². The summed E-state index contributed by atoms with van der Waals surface area (Å²) >= 11 is 0. The van der Waals surface area contributed by atoms with Crippen LogP contribution in [0.25, 0.3) is 11.0 Å². The molecule has 24 heavy (non-hydrogen) atoms. The van der Waals surface area contributed by atoms with Crippen LogP contribution >= 0.6 is 0 Å². The van der Waals surface area contributed by atoms with Gasteiger partial charge in [-0.2, -0.15) is 0 Å². The summed E-state index contributed by atoms with van der Waals surface area (Å²) < 4.78 is 1.48. The second-order valence-corrected chi connectivity index (χ2v) is 6.28. The van der Waals surface area contributed by atoms with Crippen LogP contribution in [0.2, 0.25) is 0 Å². The lowest BCUT2D eigenvalue weighted by Gasteiger charge is -2.17. The third-order valence-electron chi connectivity index (χ3n) is 4.20. The Morgan fingerprint density at radius 2 is 2.00 bits per heavy atom. The van der Waals surface area contributed by atoms with Crippen molar-refractivity contribution < 1.29 is 4.79 Å². The molecule has 2 heterocycles. The maximum atomic E-state index is 12.5. The second kappa shape index (κ2) is 6.35. The van der Waals surface area contributed by atoms with Crippen molar-refractivity contribution in [1.29, 1.82) is 0 Å². The molecule has 0 spiro atoms. The summed E-state index contributed by atoms with van der Waals surface area (Å²) in [4.78, 5) is 27.7. The summed E-state index contributed by atoms with van der Waals surface area (Å²) in [5, 5.41) is 2.98. The third-order valence-corrected chi connectivity index (χ3v) is 4.20. The number of nitrogens with one attached hydrogen (secondary N) is 2. The summed E-state index contributed by atoms with van der Waals surface area (Å²) in [5.41, 5.74) is 4.32. The first kappa shape index (κ1) is 16.1. The number of carbonyl (C=O) groups excluding carboxylic acids is 1. The van der Waals surface area contributed by atoms with E-state index in [0.717, 1.165) is 27.8 Å². The number of rotatable bonds is 4. The van der Waals surface area contributed by atoms with Crippen molar-refractivity contribution in [2.45, 2.75) is 33.2 Å². The van der Waals surface area contributed by atoms with Crippen LogP contribution in [0.15, 0.2) is 47.4 Å². The summed E-state index contributed by atoms with van der Waals surface area (Å²) in [5.74, 6) is 0.0954. The normalized spacial score (nSPS) is 11.2. The number of hydrogen-bond donors (Lipinski definition) is 2. The Morgan fingerprint density at radius 1 is 1.21 bits per heavy atom. The zero-order valence-electron chi connectivity index (χ0n) is 14.1. The molecule has 0 saturated heterocycles. The smallest absolute Gasteiger partial charge is 0.251 e. The van der Waals surface area contributed by atoms with Crippen LogP contribution in [0, 0.1) is 6.92 Å². The van der Waals surface area contributed by atoms with Crippen molar-refractivity contribution >= 4 is 22.6 Å². The van der Waals surface area contributed by atoms with Gasteiger partial charge in [0, 0.05) is 18.0 Å². The Bertz CT molecular complexity index is 951. The number of para-hydroxylation sites is 1. The summed E-state index contributed by atoms with van der Waals surface area (Å²) in [6.45, 7) is 6.14. The molecule has 0 atom stereocenters. The predicted molar refractivity (Wildman–Crippen MR) is 96.5 cm³/mol. The SMILES string of the molecule is Cc1cccc(C(C)C)c1NC(=O)Cn1c(=O)ccc2[nH]ccc21. The van der Waals surface area contributed by atoms with Crippen molar-refractivity contribution in [3.05, 3.63) is 64.1 Å². The molecule has 124 valence electrons. The zero-order valence-corrected chi connectivity index (χ0v) is 14.1. The van der Waals surface area contributed by atoms with E-state index in [-0.39, 0.29) is 18.0 Å². The lowest BCUT2D eigenvalue weighted by Crippen LogP contribution is -2.27. The van der Waals surface area contributed by atoms with Gasteiger partial charge >= 0.3 is 0 Å². The molecule has 3 rings (SSSR count). The number of carbonyl (C=O) groups is 1. The van der Waals surface area contributed by atoms with Gasteiger partial charge in [-0.15, -0.1) is 0 Å². The highest BCUT2D eigenvalue weighted by Crippen LogP contribution is 2.27. The number of nitrogens with zero attached hydrogens (tertiary/aromatic N) is 1. The van der Waals surface area contributed by atoms with Crippen LogP contribution in [-0.4, -0.2) is 15.5 Å². The first-order valence-electron chi connectivity index (χ1n) is 8.03. The maximum absolute atomic E-state index is 12.5. The maximum Gasteiger partial charge on any atom is 0.251 e. The zero-order chi connectivity index (χ0) is 17.3. The molecule has 0 saturated carbocycles. The van der Waals surface area contributed by atoms with Gasteiger partial charge in [-0.25, -0.2) is 0 Å². The monoisotopic (exact) mass is 323 g/mol. The number of aromatic nitrogens is 2. The Balaban J connectivity index is 1.90. The molecule has 5 heteroatoms. The summed E-state index contributed by atoms with van der Waals surface area (Å²) in [7, 11) is 0. The van der Waals surface area contributed by atoms with Gasteiger partial charge in [-0.1, -0.05) is 32.0 Å². The standard InChI is InChI=1S/C19H21N3O2/c1-12(2)14-6-4-5-13(3)19(14)21-17(23)11-22-16-9-10-20-15(16)7-8-18(22)24/h4-10,12,20H,11H2,1-3H3,(H,21,23). The number of benzene rings is 1. The molecular weight excluding hydrogens is 302 g/mol. The number of H-pyrrole nitrogens is 1. The van der Waals surface area contributed by atoms with Gasteiger partial charge in [0.15, 0.2) is 0 Å². The first-order valence-corrected chi connectivity index (χ1v) is 8.03. The fourth-order valence-electron chi connectivity index (χ4n) is 2.93. The van der Waals surface area contributed by atoms with Gasteiger partial charge in [-0.05, 0) is 36.1 Å². The molecule has 0 bridgehead atoms. The fourth-order valence-corrected chi connectivity index (χ4v) is 2.93. The molecule has 2 N–H and O–H groups in total. The molecule has 3 aromatic rings. The molecule has 1 aromatic carbocycles. The predicted octanol–water partition coefficient (Wildman–Crippen LogP) is 3.40. The highest BCUT2D eigenvalue weighted by Gasteiger charge is 2.14. The summed E-state index contributed by atoms with van der Waals surface area (Å²) in [6.07, 6.45) is 1.76. The van der Waals surface area contributed by atoms with Crippen molar-refractivity contribution in [1.82, 2.24) is 9.55 Å². The van der Waals surface area contributed by atoms with E-state index in [2.05, 4.69) is 24.1 Å². The van der Waals surface area contributed by atoms with Crippen molar-refractivity contribution in [3.8, 4) is 0 Å². The highest BCUT2D eigenvalue weighted by molar-refractivity contribution is 5.93. The van der Waals surface area contributed by atoms with E-state index in [9.17, 15) is 9.59 Å². The Kier molecular flexibility index (Phi) is 4.25. The lowest BCUT2D eigenvalue weighted by molar-refractivity contribution is -0.116. The average Bonchev–Trinajstić information content (AvgIpc) is 3.00. The molecule has 1 amide bonds. The van der Waals surface area contributed by atoms with Crippen LogP contribution in [0.1, 0.15) is 30.9 Å². The second-order valence-electron chi connectivity index (χ2n) is 6.28. The van der Waals surface area contributed by atoms with Crippen LogP contribution < -0.4 is 10.9 Å². The van der Waals surface area contributed by atoms with Crippen molar-refractivity contribution in [2.75, 3.05) is 5.32 Å². The number of aryl methyl sites for hydroxylation is 1. The molecule has 0 fully saturated rings. The minimum Gasteiger partial charge on any atom is -0.360 e. The number of anilines is 1. The van der Waals surface area contributed by atoms with Gasteiger partial charge in [0.1, 0.15) is 6.54 Å². The van der Waals surface area contributed by atoms with E-state index < -0.39 is 0 Å². The minimum absolute atomic E-state index is 0.0140. The van der Waals surface area contributed by atoms with E-state index in [1.54, 1.807) is 18.3 Å². The first-order chi connectivity index (χ1) is 11.5. The molecule has 0 unspecified atom stereocenters. The highest BCUT2D eigenvalue weighted by atomic mass is 16.2. The third kappa shape index (κ3) is 2.97. The number of aromatic amines is 1. The molecule has 5 nitrogen and oxygen atoms in total. The number of fused-ring (bicyclic) bond motifs is 1. The van der Waals surface area contributed by atoms with E-state index >= 15 is 0 Å². The Morgan fingerprint density at radius 3 is 2.75 bits per heavy atom. The van der Waals surface area contributed by atoms with Crippen LogP contribution in [0.5, 0.6) is 0 Å². The van der Waals surface area contributed by atoms with E-state index in [0.29, 0.717) is 5.92 Å². The van der Waals surface area contributed by atoms with Gasteiger partial charge in [-0.3, -0.25) is 14.2 Å². The molecule has 2 aromatic heterocycles. The Hall–Kier alpha value is -2.82. The lowest BCUT2D eigenvalue weighted by atomic mass is 9.98. The van der Waals surface area contributed by atoms with Gasteiger partial charge in [0.25, 0.3) is 5.56 Å². The average molecular weight is 323 g/mol. The van der Waals surface area contributed by atoms with Gasteiger partial charge < -0.3 is 10.3 Å². The number of pyridine rings is 1. The molecule has 0 radical (unpaired) electrons. The minimum atomic E-state index is -0.206. The largest absolute Gasteiger partial charge is 0.360 e. The van der Waals surface area contributed by atoms with E-state index in [4.69, 9.17) is 0 Å². The molecule has 0 aliphatic rings. The molecule has 0 aliphatic carbocycles. The quantitative estimate of drug-likeness (QED) is 0.773. The van der Waals surface area contributed by atoms with Crippen LogP contribution in [0.4, 0.5) is 5.69 Å². The van der Waals surface area contributed by atoms with E-state index in [1.165, 1.54) is 10.6 Å². The summed E-state index contributed by atoms with van der Waals surface area (Å²) in [6, 6.07) is 11.0. The number of amides is 1. The van der Waals surface area contributed by atoms with Crippen LogP contribution in [0.3, 0.4) is 0 Å². The van der Waals surface area contributed by atoms with Gasteiger partial charge in [0.2, 0.25) is 5.91 Å². The van der Waals surface area contributed by atoms with Crippen molar-refractivity contribution in [3.63, 3.8) is 0 Å². The molecular formula is C19H21N3O2. The number of hydrogen-bond acceptors (Lipinski definition) is 2. The van der Waals surface area contributed by atoms with Crippen molar-refractivity contribution in [2.24, 2.45) is 0 Å². The molecule has 0 aliphatic heterocycles.